The second-order valence-corrected chi connectivity index (χ2v) is 7.08. The fraction of sp³-hybridized carbons (Fsp3) is 0.412. The van der Waals surface area contributed by atoms with Crippen molar-refractivity contribution in [1.82, 2.24) is 15.5 Å². The molecule has 1 saturated heterocycles. The number of thioether (sulfide) groups is 1. The first-order valence-corrected chi connectivity index (χ1v) is 9.18. The topological polar surface area (TPSA) is 70.7 Å². The van der Waals surface area contributed by atoms with Gasteiger partial charge in [0.05, 0.1) is 18.7 Å². The molecule has 1 fully saturated rings. The molecule has 25 heavy (non-hydrogen) atoms. The molecule has 134 valence electrons. The number of amides is 2. The molecule has 1 aromatic rings. The van der Waals surface area contributed by atoms with Gasteiger partial charge in [0.15, 0.2) is 0 Å². The number of ether oxygens (including phenoxy) is 1. The Labute approximate surface area is 149 Å². The minimum absolute atomic E-state index is 0.354. The maximum absolute atomic E-state index is 13.2. The number of carbonyl (C=O) groups excluding carboxylic acids is 2. The Morgan fingerprint density at radius 2 is 2.00 bits per heavy atom. The van der Waals surface area contributed by atoms with Gasteiger partial charge >= 0.3 is 12.0 Å². The molecular weight excluding hydrogens is 345 g/mol. The summed E-state index contributed by atoms with van der Waals surface area (Å²) in [6.07, 6.45) is 0. The molecule has 2 aliphatic rings. The van der Waals surface area contributed by atoms with Crippen LogP contribution in [0.4, 0.5) is 9.18 Å². The van der Waals surface area contributed by atoms with Gasteiger partial charge in [-0.1, -0.05) is 12.1 Å². The van der Waals surface area contributed by atoms with Crippen LogP contribution < -0.4 is 10.6 Å². The van der Waals surface area contributed by atoms with Gasteiger partial charge < -0.3 is 15.4 Å². The van der Waals surface area contributed by atoms with Crippen molar-refractivity contribution in [3.8, 4) is 0 Å². The molecule has 0 spiro atoms. The van der Waals surface area contributed by atoms with E-state index in [1.807, 2.05) is 11.8 Å². The molecule has 8 heteroatoms. The Morgan fingerprint density at radius 3 is 2.64 bits per heavy atom. The van der Waals surface area contributed by atoms with Gasteiger partial charge in [-0.15, -0.1) is 0 Å². The van der Waals surface area contributed by atoms with E-state index in [4.69, 9.17) is 4.74 Å². The number of methoxy groups -OCH3 is 1. The third-order valence-corrected chi connectivity index (χ3v) is 5.19. The lowest BCUT2D eigenvalue weighted by Crippen LogP contribution is -2.49. The molecule has 2 amide bonds. The van der Waals surface area contributed by atoms with Crippen molar-refractivity contribution in [3.63, 3.8) is 0 Å². The summed E-state index contributed by atoms with van der Waals surface area (Å²) in [7, 11) is 1.31. The summed E-state index contributed by atoms with van der Waals surface area (Å²) < 4.78 is 18.2. The van der Waals surface area contributed by atoms with Crippen molar-refractivity contribution in [2.45, 2.75) is 6.04 Å². The Morgan fingerprint density at radius 1 is 1.32 bits per heavy atom. The predicted octanol–water partition coefficient (Wildman–Crippen LogP) is 1.66. The zero-order valence-electron chi connectivity index (χ0n) is 13.9. The minimum atomic E-state index is -0.670. The van der Waals surface area contributed by atoms with Gasteiger partial charge in [-0.2, -0.15) is 11.8 Å². The maximum atomic E-state index is 13.2. The Hall–Kier alpha value is -2.06. The van der Waals surface area contributed by atoms with Crippen LogP contribution in [-0.4, -0.2) is 55.2 Å². The van der Waals surface area contributed by atoms with Crippen LogP contribution in [0.25, 0.3) is 0 Å². The zero-order valence-corrected chi connectivity index (χ0v) is 14.7. The van der Waals surface area contributed by atoms with Gasteiger partial charge in [-0.3, -0.25) is 4.90 Å². The van der Waals surface area contributed by atoms with Crippen molar-refractivity contribution in [2.24, 2.45) is 0 Å². The number of nitrogens with one attached hydrogen (secondary N) is 2. The maximum Gasteiger partial charge on any atom is 0.338 e. The number of carbonyl (C=O) groups is 2. The van der Waals surface area contributed by atoms with Crippen LogP contribution in [0.1, 0.15) is 11.6 Å². The van der Waals surface area contributed by atoms with E-state index in [1.54, 1.807) is 12.1 Å². The molecule has 1 aromatic carbocycles. The lowest BCUT2D eigenvalue weighted by molar-refractivity contribution is -0.136. The first-order chi connectivity index (χ1) is 12.1. The Bertz CT molecular complexity index is 687. The molecule has 0 saturated carbocycles. The van der Waals surface area contributed by atoms with Crippen LogP contribution in [0, 0.1) is 5.82 Å². The quantitative estimate of drug-likeness (QED) is 0.794. The number of hydrogen-bond donors (Lipinski definition) is 2. The molecule has 6 nitrogen and oxygen atoms in total. The second kappa shape index (κ2) is 7.88. The monoisotopic (exact) mass is 365 g/mol. The molecule has 2 heterocycles. The smallest absolute Gasteiger partial charge is 0.338 e. The van der Waals surface area contributed by atoms with Crippen LogP contribution in [0.3, 0.4) is 0 Å². The molecule has 0 bridgehead atoms. The van der Waals surface area contributed by atoms with Crippen molar-refractivity contribution in [1.29, 1.82) is 0 Å². The Balaban J connectivity index is 1.96. The first kappa shape index (κ1) is 17.8. The van der Waals surface area contributed by atoms with Gasteiger partial charge in [0.1, 0.15) is 5.82 Å². The van der Waals surface area contributed by atoms with E-state index in [0.717, 1.165) is 24.6 Å². The highest BCUT2D eigenvalue weighted by atomic mass is 32.2. The van der Waals surface area contributed by atoms with E-state index >= 15 is 0 Å². The molecule has 0 aromatic heterocycles. The van der Waals surface area contributed by atoms with Crippen LogP contribution in [0.2, 0.25) is 0 Å². The van der Waals surface area contributed by atoms with E-state index in [1.165, 1.54) is 19.2 Å². The van der Waals surface area contributed by atoms with Crippen molar-refractivity contribution in [3.05, 3.63) is 46.9 Å². The Kier molecular flexibility index (Phi) is 5.60. The lowest BCUT2D eigenvalue weighted by Gasteiger charge is -2.33. The highest BCUT2D eigenvalue weighted by Crippen LogP contribution is 2.28. The van der Waals surface area contributed by atoms with E-state index in [2.05, 4.69) is 15.5 Å². The average Bonchev–Trinajstić information content (AvgIpc) is 2.62. The van der Waals surface area contributed by atoms with Crippen molar-refractivity contribution >= 4 is 23.8 Å². The van der Waals surface area contributed by atoms with E-state index < -0.39 is 12.0 Å². The predicted molar refractivity (Wildman–Crippen MR) is 93.6 cm³/mol. The molecule has 1 atom stereocenters. The van der Waals surface area contributed by atoms with E-state index in [-0.39, 0.29) is 11.8 Å². The highest BCUT2D eigenvalue weighted by molar-refractivity contribution is 7.99. The molecule has 2 aliphatic heterocycles. The largest absolute Gasteiger partial charge is 0.466 e. The number of rotatable bonds is 4. The van der Waals surface area contributed by atoms with E-state index in [9.17, 15) is 14.0 Å². The number of urea groups is 1. The summed E-state index contributed by atoms with van der Waals surface area (Å²) in [5.41, 5.74) is 1.52. The number of nitrogens with zero attached hydrogens (tertiary/aromatic N) is 1. The van der Waals surface area contributed by atoms with Crippen LogP contribution in [-0.2, 0) is 9.53 Å². The summed E-state index contributed by atoms with van der Waals surface area (Å²) in [6, 6.07) is 4.67. The van der Waals surface area contributed by atoms with Gasteiger partial charge in [0, 0.05) is 36.8 Å². The van der Waals surface area contributed by atoms with Crippen LogP contribution in [0.5, 0.6) is 0 Å². The fourth-order valence-electron chi connectivity index (χ4n) is 2.98. The van der Waals surface area contributed by atoms with Crippen LogP contribution in [0.15, 0.2) is 35.5 Å². The van der Waals surface area contributed by atoms with Crippen molar-refractivity contribution in [2.75, 3.05) is 38.2 Å². The lowest BCUT2D eigenvalue weighted by atomic mass is 9.95. The van der Waals surface area contributed by atoms with E-state index in [0.29, 0.717) is 23.4 Å². The summed E-state index contributed by atoms with van der Waals surface area (Å²) in [5, 5.41) is 5.48. The summed E-state index contributed by atoms with van der Waals surface area (Å²) in [4.78, 5) is 26.7. The SMILES string of the molecule is COC(=O)C1=C(CN2CCSCC2)NC(=O)N[C@H]1c1ccc(F)cc1. The zero-order chi connectivity index (χ0) is 17.8. The molecule has 0 unspecified atom stereocenters. The fourth-order valence-corrected chi connectivity index (χ4v) is 3.96. The molecular formula is C17H20FN3O3S. The number of esters is 1. The third kappa shape index (κ3) is 4.13. The molecule has 0 radical (unpaired) electrons. The van der Waals surface area contributed by atoms with Crippen molar-refractivity contribution < 1.29 is 18.7 Å². The summed E-state index contributed by atoms with van der Waals surface area (Å²) in [6.45, 7) is 2.26. The molecule has 0 aliphatic carbocycles. The first-order valence-electron chi connectivity index (χ1n) is 8.03. The van der Waals surface area contributed by atoms with Crippen LogP contribution >= 0.6 is 11.8 Å². The summed E-state index contributed by atoms with van der Waals surface area (Å²) >= 11 is 1.89. The van der Waals surface area contributed by atoms with Gasteiger partial charge in [-0.25, -0.2) is 14.0 Å². The van der Waals surface area contributed by atoms with Gasteiger partial charge in [0.2, 0.25) is 0 Å². The third-order valence-electron chi connectivity index (χ3n) is 4.25. The number of benzene rings is 1. The van der Waals surface area contributed by atoms with Gasteiger partial charge in [-0.05, 0) is 17.7 Å². The normalized spacial score (nSPS) is 21.5. The second-order valence-electron chi connectivity index (χ2n) is 5.86. The number of halogens is 1. The average molecular weight is 365 g/mol. The summed E-state index contributed by atoms with van der Waals surface area (Å²) in [5.74, 6) is 1.16. The standard InChI is InChI=1S/C17H20FN3O3S/c1-24-16(22)14-13(10-21-6-8-25-9-7-21)19-17(23)20-15(14)11-2-4-12(18)5-3-11/h2-5,15H,6-10H2,1H3,(H2,19,20,23)/t15-/m0/s1. The van der Waals surface area contributed by atoms with Gasteiger partial charge in [0.25, 0.3) is 0 Å². The molecule has 2 N–H and O–H groups in total. The number of hydrogen-bond acceptors (Lipinski definition) is 5. The minimum Gasteiger partial charge on any atom is -0.466 e. The highest BCUT2D eigenvalue weighted by Gasteiger charge is 2.34. The molecule has 3 rings (SSSR count).